The molecule has 0 bridgehead atoms. The smallest absolute Gasteiger partial charge is 0.0230 e. The predicted molar refractivity (Wildman–Crippen MR) is 65.0 cm³/mol. The predicted octanol–water partition coefficient (Wildman–Crippen LogP) is 4.50. The van der Waals surface area contributed by atoms with Crippen LogP contribution in [-0.2, 0) is 0 Å². The monoisotopic (exact) mass is 252 g/mol. The lowest BCUT2D eigenvalue weighted by Crippen LogP contribution is -2.23. The highest BCUT2D eigenvalue weighted by atomic mass is 79.9. The van der Waals surface area contributed by atoms with Crippen LogP contribution in [0.25, 0.3) is 0 Å². The minimum Gasteiger partial charge on any atom is -0.0856 e. The Kier molecular flexibility index (Phi) is 2.96. The molecular weight excluding hydrogens is 236 g/mol. The van der Waals surface area contributed by atoms with Crippen molar-refractivity contribution >= 4 is 15.9 Å². The van der Waals surface area contributed by atoms with Crippen LogP contribution in [0.3, 0.4) is 0 Å². The van der Waals surface area contributed by atoms with Gasteiger partial charge in [-0.15, -0.1) is 0 Å². The van der Waals surface area contributed by atoms with Crippen LogP contribution in [0.2, 0.25) is 0 Å². The van der Waals surface area contributed by atoms with E-state index in [1.165, 1.54) is 31.2 Å². The fourth-order valence-corrected chi connectivity index (χ4v) is 2.74. The molecule has 0 spiro atoms. The third-order valence-electron chi connectivity index (χ3n) is 3.30. The fourth-order valence-electron chi connectivity index (χ4n) is 2.28. The van der Waals surface area contributed by atoms with E-state index in [2.05, 4.69) is 53.2 Å². The lowest BCUT2D eigenvalue weighted by Gasteiger charge is -2.32. The Labute approximate surface area is 94.8 Å². The van der Waals surface area contributed by atoms with E-state index >= 15 is 0 Å². The van der Waals surface area contributed by atoms with Gasteiger partial charge in [-0.2, -0.15) is 0 Å². The van der Waals surface area contributed by atoms with Crippen LogP contribution in [0.15, 0.2) is 30.3 Å². The summed E-state index contributed by atoms with van der Waals surface area (Å²) in [5.41, 5.74) is 1.52. The SMILES string of the molecule is CC1(Br)CCC(c2ccccc2)CC1. The Morgan fingerprint density at radius 2 is 1.71 bits per heavy atom. The summed E-state index contributed by atoms with van der Waals surface area (Å²) in [6.45, 7) is 2.31. The van der Waals surface area contributed by atoms with Crippen molar-refractivity contribution in [3.8, 4) is 0 Å². The molecular formula is C13H17Br. The topological polar surface area (TPSA) is 0 Å². The molecule has 0 radical (unpaired) electrons. The average molecular weight is 253 g/mol. The van der Waals surface area contributed by atoms with E-state index < -0.39 is 0 Å². The summed E-state index contributed by atoms with van der Waals surface area (Å²) in [7, 11) is 0. The van der Waals surface area contributed by atoms with E-state index in [1.54, 1.807) is 0 Å². The molecule has 0 aliphatic heterocycles. The second kappa shape index (κ2) is 4.06. The molecule has 2 rings (SSSR count). The van der Waals surface area contributed by atoms with Crippen molar-refractivity contribution in [1.29, 1.82) is 0 Å². The summed E-state index contributed by atoms with van der Waals surface area (Å²) in [6, 6.07) is 10.9. The van der Waals surface area contributed by atoms with Gasteiger partial charge in [-0.05, 0) is 44.1 Å². The zero-order valence-corrected chi connectivity index (χ0v) is 10.3. The van der Waals surface area contributed by atoms with Crippen molar-refractivity contribution in [2.45, 2.75) is 42.8 Å². The van der Waals surface area contributed by atoms with Gasteiger partial charge in [0.25, 0.3) is 0 Å². The van der Waals surface area contributed by atoms with E-state index in [9.17, 15) is 0 Å². The highest BCUT2D eigenvalue weighted by Crippen LogP contribution is 2.41. The fraction of sp³-hybridized carbons (Fsp3) is 0.538. The van der Waals surface area contributed by atoms with E-state index in [1.807, 2.05) is 0 Å². The molecule has 0 N–H and O–H groups in total. The van der Waals surface area contributed by atoms with Crippen LogP contribution in [0.5, 0.6) is 0 Å². The Morgan fingerprint density at radius 1 is 1.14 bits per heavy atom. The molecule has 1 heteroatoms. The van der Waals surface area contributed by atoms with Crippen LogP contribution in [0.1, 0.15) is 44.1 Å². The van der Waals surface area contributed by atoms with Gasteiger partial charge in [-0.25, -0.2) is 0 Å². The van der Waals surface area contributed by atoms with Crippen LogP contribution < -0.4 is 0 Å². The molecule has 14 heavy (non-hydrogen) atoms. The largest absolute Gasteiger partial charge is 0.0856 e. The maximum absolute atomic E-state index is 3.79. The maximum Gasteiger partial charge on any atom is 0.0230 e. The summed E-state index contributed by atoms with van der Waals surface area (Å²) in [5, 5.41) is 0. The first kappa shape index (κ1) is 10.2. The molecule has 0 nitrogen and oxygen atoms in total. The van der Waals surface area contributed by atoms with E-state index in [0.29, 0.717) is 4.32 Å². The molecule has 0 unspecified atom stereocenters. The minimum atomic E-state index is 0.401. The molecule has 0 saturated heterocycles. The van der Waals surface area contributed by atoms with Gasteiger partial charge in [-0.3, -0.25) is 0 Å². The molecule has 1 fully saturated rings. The molecule has 1 aromatic carbocycles. The van der Waals surface area contributed by atoms with Gasteiger partial charge in [0.2, 0.25) is 0 Å². The molecule has 76 valence electrons. The van der Waals surface area contributed by atoms with E-state index in [-0.39, 0.29) is 0 Å². The number of rotatable bonds is 1. The first-order valence-corrected chi connectivity index (χ1v) is 6.20. The maximum atomic E-state index is 3.79. The van der Waals surface area contributed by atoms with Crippen LogP contribution in [0.4, 0.5) is 0 Å². The summed E-state index contributed by atoms with van der Waals surface area (Å²) < 4.78 is 0.401. The van der Waals surface area contributed by atoms with Gasteiger partial charge in [-0.1, -0.05) is 46.3 Å². The first-order chi connectivity index (χ1) is 6.67. The summed E-state index contributed by atoms with van der Waals surface area (Å²) in [5.74, 6) is 0.793. The first-order valence-electron chi connectivity index (χ1n) is 5.41. The van der Waals surface area contributed by atoms with Gasteiger partial charge in [0.1, 0.15) is 0 Å². The third kappa shape index (κ3) is 2.38. The standard InChI is InChI=1S/C13H17Br/c1-13(14)9-7-12(8-10-13)11-5-3-2-4-6-11/h2-6,12H,7-10H2,1H3. The van der Waals surface area contributed by atoms with Crippen LogP contribution >= 0.6 is 15.9 Å². The van der Waals surface area contributed by atoms with Crippen molar-refractivity contribution in [3.05, 3.63) is 35.9 Å². The molecule has 1 aliphatic carbocycles. The van der Waals surface area contributed by atoms with Gasteiger partial charge >= 0.3 is 0 Å². The van der Waals surface area contributed by atoms with Gasteiger partial charge in [0.05, 0.1) is 0 Å². The summed E-state index contributed by atoms with van der Waals surface area (Å²) in [4.78, 5) is 0. The Balaban J connectivity index is 2.03. The second-order valence-electron chi connectivity index (χ2n) is 4.60. The van der Waals surface area contributed by atoms with E-state index in [0.717, 1.165) is 5.92 Å². The van der Waals surface area contributed by atoms with Crippen molar-refractivity contribution in [1.82, 2.24) is 0 Å². The lowest BCUT2D eigenvalue weighted by atomic mass is 9.79. The van der Waals surface area contributed by atoms with Crippen LogP contribution in [0, 0.1) is 0 Å². The van der Waals surface area contributed by atoms with Crippen molar-refractivity contribution in [3.63, 3.8) is 0 Å². The minimum absolute atomic E-state index is 0.401. The average Bonchev–Trinajstić information content (AvgIpc) is 2.19. The van der Waals surface area contributed by atoms with Gasteiger partial charge in [0.15, 0.2) is 0 Å². The second-order valence-corrected chi connectivity index (χ2v) is 6.51. The van der Waals surface area contributed by atoms with Gasteiger partial charge < -0.3 is 0 Å². The van der Waals surface area contributed by atoms with E-state index in [4.69, 9.17) is 0 Å². The Bertz CT molecular complexity index is 279. The molecule has 0 aromatic heterocycles. The molecule has 0 amide bonds. The van der Waals surface area contributed by atoms with Crippen molar-refractivity contribution in [2.75, 3.05) is 0 Å². The van der Waals surface area contributed by atoms with Crippen molar-refractivity contribution in [2.24, 2.45) is 0 Å². The Hall–Kier alpha value is -0.300. The summed E-state index contributed by atoms with van der Waals surface area (Å²) >= 11 is 3.79. The molecule has 1 aromatic rings. The third-order valence-corrected chi connectivity index (χ3v) is 4.09. The summed E-state index contributed by atoms with van der Waals surface area (Å²) in [6.07, 6.45) is 5.25. The highest BCUT2D eigenvalue weighted by Gasteiger charge is 2.28. The zero-order chi connectivity index (χ0) is 10.0. The van der Waals surface area contributed by atoms with Crippen molar-refractivity contribution < 1.29 is 0 Å². The van der Waals surface area contributed by atoms with Gasteiger partial charge in [0, 0.05) is 4.32 Å². The highest BCUT2D eigenvalue weighted by molar-refractivity contribution is 9.10. The quantitative estimate of drug-likeness (QED) is 0.646. The number of halogens is 1. The molecule has 0 heterocycles. The number of alkyl halides is 1. The number of benzene rings is 1. The van der Waals surface area contributed by atoms with Crippen LogP contribution in [-0.4, -0.2) is 4.32 Å². The Morgan fingerprint density at radius 3 is 2.29 bits per heavy atom. The lowest BCUT2D eigenvalue weighted by molar-refractivity contribution is 0.385. The molecule has 1 saturated carbocycles. The molecule has 1 aliphatic rings. The zero-order valence-electron chi connectivity index (χ0n) is 8.67. The number of hydrogen-bond acceptors (Lipinski definition) is 0. The number of hydrogen-bond donors (Lipinski definition) is 0. The molecule has 0 atom stereocenters. The normalized spacial score (nSPS) is 32.9.